The first-order valence-electron chi connectivity index (χ1n) is 6.07. The summed E-state index contributed by atoms with van der Waals surface area (Å²) in [5.41, 5.74) is 1.33. The predicted molar refractivity (Wildman–Crippen MR) is 70.3 cm³/mol. The molecule has 0 fully saturated rings. The minimum absolute atomic E-state index is 0.0928. The standard InChI is InChI=1S/C14H18N2O2/c1-14(2,3)16-13(18)10-8-12(17)15-11-7-5-4-6-9(10)11/h4-7,10H,8H2,1-3H3,(H,15,17)(H,16,18). The molecule has 18 heavy (non-hydrogen) atoms. The van der Waals surface area contributed by atoms with Gasteiger partial charge in [-0.3, -0.25) is 9.59 Å². The van der Waals surface area contributed by atoms with Crippen LogP contribution in [-0.4, -0.2) is 17.4 Å². The number of rotatable bonds is 1. The monoisotopic (exact) mass is 246 g/mol. The summed E-state index contributed by atoms with van der Waals surface area (Å²) < 4.78 is 0. The van der Waals surface area contributed by atoms with Crippen LogP contribution in [0.25, 0.3) is 0 Å². The van der Waals surface area contributed by atoms with Crippen molar-refractivity contribution >= 4 is 17.5 Å². The number of fused-ring (bicyclic) bond motifs is 1. The Hall–Kier alpha value is -1.84. The van der Waals surface area contributed by atoms with Gasteiger partial charge in [-0.2, -0.15) is 0 Å². The minimum Gasteiger partial charge on any atom is -0.351 e. The summed E-state index contributed by atoms with van der Waals surface area (Å²) in [4.78, 5) is 23.8. The molecule has 0 aromatic heterocycles. The maximum Gasteiger partial charge on any atom is 0.228 e. The molecule has 0 bridgehead atoms. The second-order valence-corrected chi connectivity index (χ2v) is 5.63. The fraction of sp³-hybridized carbons (Fsp3) is 0.429. The van der Waals surface area contributed by atoms with E-state index in [-0.39, 0.29) is 23.8 Å². The van der Waals surface area contributed by atoms with Crippen molar-refractivity contribution in [1.29, 1.82) is 0 Å². The number of nitrogens with one attached hydrogen (secondary N) is 2. The molecule has 1 aromatic carbocycles. The van der Waals surface area contributed by atoms with Crippen LogP contribution in [0.3, 0.4) is 0 Å². The lowest BCUT2D eigenvalue weighted by Crippen LogP contribution is -2.44. The van der Waals surface area contributed by atoms with Crippen molar-refractivity contribution in [2.75, 3.05) is 5.32 Å². The highest BCUT2D eigenvalue weighted by molar-refractivity contribution is 6.01. The molecule has 4 heteroatoms. The van der Waals surface area contributed by atoms with Crippen LogP contribution in [0.15, 0.2) is 24.3 Å². The van der Waals surface area contributed by atoms with E-state index in [2.05, 4.69) is 10.6 Å². The van der Waals surface area contributed by atoms with Gasteiger partial charge in [-0.25, -0.2) is 0 Å². The topological polar surface area (TPSA) is 58.2 Å². The van der Waals surface area contributed by atoms with Crippen LogP contribution in [0, 0.1) is 0 Å². The highest BCUT2D eigenvalue weighted by atomic mass is 16.2. The summed E-state index contributed by atoms with van der Waals surface area (Å²) >= 11 is 0. The summed E-state index contributed by atoms with van der Waals surface area (Å²) in [6.07, 6.45) is 0.207. The van der Waals surface area contributed by atoms with E-state index >= 15 is 0 Å². The molecule has 0 aliphatic carbocycles. The largest absolute Gasteiger partial charge is 0.351 e. The van der Waals surface area contributed by atoms with Gasteiger partial charge >= 0.3 is 0 Å². The molecule has 96 valence electrons. The molecule has 0 saturated carbocycles. The molecule has 1 heterocycles. The summed E-state index contributed by atoms with van der Waals surface area (Å²) in [7, 11) is 0. The smallest absolute Gasteiger partial charge is 0.228 e. The normalized spacial score (nSPS) is 18.8. The Kier molecular flexibility index (Phi) is 3.11. The van der Waals surface area contributed by atoms with Gasteiger partial charge in [-0.15, -0.1) is 0 Å². The Balaban J connectivity index is 2.29. The van der Waals surface area contributed by atoms with E-state index < -0.39 is 5.92 Å². The lowest BCUT2D eigenvalue weighted by Gasteiger charge is -2.28. The predicted octanol–water partition coefficient (Wildman–Crippen LogP) is 2.03. The Morgan fingerprint density at radius 2 is 2.00 bits per heavy atom. The Morgan fingerprint density at radius 1 is 1.33 bits per heavy atom. The van der Waals surface area contributed by atoms with Gasteiger partial charge in [0.2, 0.25) is 11.8 Å². The third-order valence-electron chi connectivity index (χ3n) is 2.81. The molecule has 0 radical (unpaired) electrons. The number of para-hydroxylation sites is 1. The number of anilines is 1. The molecule has 0 saturated heterocycles. The average Bonchev–Trinajstić information content (AvgIpc) is 2.25. The molecule has 1 atom stereocenters. The zero-order valence-electron chi connectivity index (χ0n) is 10.9. The van der Waals surface area contributed by atoms with Crippen LogP contribution in [0.4, 0.5) is 5.69 Å². The van der Waals surface area contributed by atoms with Crippen LogP contribution < -0.4 is 10.6 Å². The Bertz CT molecular complexity index is 489. The third kappa shape index (κ3) is 2.70. The highest BCUT2D eigenvalue weighted by Gasteiger charge is 2.31. The molecular formula is C14H18N2O2. The first-order valence-corrected chi connectivity index (χ1v) is 6.07. The molecule has 2 amide bonds. The molecule has 1 aliphatic rings. The van der Waals surface area contributed by atoms with Crippen LogP contribution in [-0.2, 0) is 9.59 Å². The van der Waals surface area contributed by atoms with Crippen molar-refractivity contribution in [1.82, 2.24) is 5.32 Å². The maximum atomic E-state index is 12.2. The molecule has 4 nitrogen and oxygen atoms in total. The second kappa shape index (κ2) is 4.44. The fourth-order valence-electron chi connectivity index (χ4n) is 2.10. The van der Waals surface area contributed by atoms with Gasteiger partial charge in [0.25, 0.3) is 0 Å². The number of carbonyl (C=O) groups is 2. The van der Waals surface area contributed by atoms with Crippen LogP contribution >= 0.6 is 0 Å². The maximum absolute atomic E-state index is 12.2. The number of carbonyl (C=O) groups excluding carboxylic acids is 2. The third-order valence-corrected chi connectivity index (χ3v) is 2.81. The summed E-state index contributed by atoms with van der Waals surface area (Å²) in [5.74, 6) is -0.596. The fourth-order valence-corrected chi connectivity index (χ4v) is 2.10. The van der Waals surface area contributed by atoms with Crippen molar-refractivity contribution in [2.45, 2.75) is 38.6 Å². The zero-order chi connectivity index (χ0) is 13.3. The number of benzene rings is 1. The van der Waals surface area contributed by atoms with Gasteiger partial charge in [-0.05, 0) is 32.4 Å². The number of hydrogen-bond donors (Lipinski definition) is 2. The van der Waals surface area contributed by atoms with Gasteiger partial charge in [0.05, 0.1) is 5.92 Å². The van der Waals surface area contributed by atoms with E-state index in [1.807, 2.05) is 45.0 Å². The van der Waals surface area contributed by atoms with Crippen molar-refractivity contribution in [3.8, 4) is 0 Å². The molecule has 2 N–H and O–H groups in total. The minimum atomic E-state index is -0.394. The molecule has 2 rings (SSSR count). The zero-order valence-corrected chi connectivity index (χ0v) is 10.9. The first kappa shape index (κ1) is 12.6. The van der Waals surface area contributed by atoms with Crippen molar-refractivity contribution in [3.63, 3.8) is 0 Å². The first-order chi connectivity index (χ1) is 8.37. The van der Waals surface area contributed by atoms with Gasteiger partial charge in [-0.1, -0.05) is 18.2 Å². The van der Waals surface area contributed by atoms with Gasteiger partial charge in [0.1, 0.15) is 0 Å². The lowest BCUT2D eigenvalue weighted by molar-refractivity contribution is -0.127. The van der Waals surface area contributed by atoms with E-state index in [1.165, 1.54) is 0 Å². The summed E-state index contributed by atoms with van der Waals surface area (Å²) in [5, 5.41) is 5.72. The second-order valence-electron chi connectivity index (χ2n) is 5.63. The quantitative estimate of drug-likeness (QED) is 0.796. The van der Waals surface area contributed by atoms with Crippen LogP contribution in [0.1, 0.15) is 38.7 Å². The van der Waals surface area contributed by atoms with E-state index in [9.17, 15) is 9.59 Å². The average molecular weight is 246 g/mol. The van der Waals surface area contributed by atoms with Crippen molar-refractivity contribution < 1.29 is 9.59 Å². The van der Waals surface area contributed by atoms with Crippen molar-refractivity contribution in [3.05, 3.63) is 29.8 Å². The summed E-state index contributed by atoms with van der Waals surface area (Å²) in [6.45, 7) is 5.79. The van der Waals surface area contributed by atoms with E-state index in [4.69, 9.17) is 0 Å². The Morgan fingerprint density at radius 3 is 2.67 bits per heavy atom. The van der Waals surface area contributed by atoms with E-state index in [0.29, 0.717) is 0 Å². The van der Waals surface area contributed by atoms with Crippen molar-refractivity contribution in [2.24, 2.45) is 0 Å². The number of hydrogen-bond acceptors (Lipinski definition) is 2. The number of amides is 2. The SMILES string of the molecule is CC(C)(C)NC(=O)C1CC(=O)Nc2ccccc21. The molecule has 1 aromatic rings. The lowest BCUT2D eigenvalue weighted by atomic mass is 9.89. The van der Waals surface area contributed by atoms with Gasteiger partial charge < -0.3 is 10.6 Å². The molecular weight excluding hydrogens is 228 g/mol. The molecule has 1 aliphatic heterocycles. The van der Waals surface area contributed by atoms with Crippen LogP contribution in [0.5, 0.6) is 0 Å². The highest BCUT2D eigenvalue weighted by Crippen LogP contribution is 2.32. The Labute approximate surface area is 107 Å². The van der Waals surface area contributed by atoms with Gasteiger partial charge in [0.15, 0.2) is 0 Å². The van der Waals surface area contributed by atoms with Crippen LogP contribution in [0.2, 0.25) is 0 Å². The van der Waals surface area contributed by atoms with Gasteiger partial charge in [0, 0.05) is 17.6 Å². The van der Waals surface area contributed by atoms with E-state index in [0.717, 1.165) is 11.3 Å². The van der Waals surface area contributed by atoms with E-state index in [1.54, 1.807) is 0 Å². The summed E-state index contributed by atoms with van der Waals surface area (Å²) in [6, 6.07) is 7.45. The molecule has 1 unspecified atom stereocenters. The molecule has 0 spiro atoms.